The third-order valence-electron chi connectivity index (χ3n) is 7.07. The number of carbonyl (C=O) groups excluding carboxylic acids is 1. The first-order valence-corrected chi connectivity index (χ1v) is 12.4. The zero-order valence-electron chi connectivity index (χ0n) is 21.3. The molecular formula is C25H40ClN5O2. The molecule has 0 radical (unpaired) electrons. The Bertz CT molecular complexity index is 898. The molecule has 3 heterocycles. The summed E-state index contributed by atoms with van der Waals surface area (Å²) < 4.78 is 5.15. The Balaban J connectivity index is 1.69. The number of aryl methyl sites for hydroxylation is 1. The van der Waals surface area contributed by atoms with Gasteiger partial charge in [-0.2, -0.15) is 0 Å². The van der Waals surface area contributed by atoms with Gasteiger partial charge in [-0.25, -0.2) is 0 Å². The van der Waals surface area contributed by atoms with E-state index in [4.69, 9.17) is 21.5 Å². The summed E-state index contributed by atoms with van der Waals surface area (Å²) in [5.74, 6) is 0.398. The average Bonchev–Trinajstić information content (AvgIpc) is 3.16. The predicted molar refractivity (Wildman–Crippen MR) is 133 cm³/mol. The fraction of sp³-hybridized carbons (Fsp3) is 0.720. The lowest BCUT2D eigenvalue weighted by Gasteiger charge is -2.54. The van der Waals surface area contributed by atoms with Crippen LogP contribution in [0.3, 0.4) is 0 Å². The summed E-state index contributed by atoms with van der Waals surface area (Å²) in [6, 6.07) is 1.76. The van der Waals surface area contributed by atoms with Gasteiger partial charge in [0.05, 0.1) is 5.71 Å². The lowest BCUT2D eigenvalue weighted by Crippen LogP contribution is -2.62. The Labute approximate surface area is 203 Å². The maximum atomic E-state index is 13.6. The molecule has 184 valence electrons. The van der Waals surface area contributed by atoms with Gasteiger partial charge < -0.3 is 19.2 Å². The lowest BCUT2D eigenvalue weighted by molar-refractivity contribution is -0.142. The van der Waals surface area contributed by atoms with Gasteiger partial charge in [0, 0.05) is 37.7 Å². The molecule has 1 amide bonds. The van der Waals surface area contributed by atoms with Crippen LogP contribution >= 0.6 is 11.6 Å². The van der Waals surface area contributed by atoms with E-state index >= 15 is 0 Å². The molecule has 2 saturated heterocycles. The molecule has 33 heavy (non-hydrogen) atoms. The molecule has 1 aromatic heterocycles. The van der Waals surface area contributed by atoms with Crippen LogP contribution < -0.4 is 0 Å². The van der Waals surface area contributed by atoms with E-state index in [1.807, 2.05) is 30.7 Å². The van der Waals surface area contributed by atoms with Crippen molar-refractivity contribution in [3.8, 4) is 0 Å². The molecule has 8 heteroatoms. The number of nitrogens with one attached hydrogen (secondary N) is 1. The average molecular weight is 478 g/mol. The van der Waals surface area contributed by atoms with Crippen LogP contribution in [-0.2, 0) is 4.79 Å². The molecule has 3 rings (SSSR count). The third kappa shape index (κ3) is 5.99. The number of amides is 1. The summed E-state index contributed by atoms with van der Waals surface area (Å²) in [5, 5.41) is 12.9. The van der Waals surface area contributed by atoms with Crippen LogP contribution in [0.25, 0.3) is 0 Å². The standard InChI is InChI=1S/C25H40ClN5O2/c1-17(2)29(7)22(26)20(21(27)19-14-18(3)33-28-19)23(32)31-15-25(16-31)9-12-30(13-10-25)11-8-24(4,5)6/h14,17,27H,8-13,15-16H2,1-7H3/b22-20+,27-21?. The van der Waals surface area contributed by atoms with E-state index in [0.29, 0.717) is 16.9 Å². The first-order valence-electron chi connectivity index (χ1n) is 12.0. The maximum absolute atomic E-state index is 13.6. The Morgan fingerprint density at radius 2 is 1.91 bits per heavy atom. The summed E-state index contributed by atoms with van der Waals surface area (Å²) in [4.78, 5) is 19.8. The molecule has 2 fully saturated rings. The molecule has 0 atom stereocenters. The zero-order chi connectivity index (χ0) is 24.6. The number of aromatic nitrogens is 1. The fourth-order valence-corrected chi connectivity index (χ4v) is 4.81. The number of hydrogen-bond donors (Lipinski definition) is 1. The van der Waals surface area contributed by atoms with Crippen molar-refractivity contribution in [2.24, 2.45) is 10.8 Å². The predicted octanol–water partition coefficient (Wildman–Crippen LogP) is 4.50. The van der Waals surface area contributed by atoms with E-state index in [2.05, 4.69) is 30.8 Å². The van der Waals surface area contributed by atoms with Crippen molar-refractivity contribution in [3.63, 3.8) is 0 Å². The van der Waals surface area contributed by atoms with Crippen LogP contribution in [0.2, 0.25) is 0 Å². The number of carbonyl (C=O) groups is 1. The first kappa shape index (κ1) is 25.8. The van der Waals surface area contributed by atoms with Crippen molar-refractivity contribution in [1.29, 1.82) is 5.41 Å². The van der Waals surface area contributed by atoms with Crippen molar-refractivity contribution < 1.29 is 9.32 Å². The summed E-state index contributed by atoms with van der Waals surface area (Å²) >= 11 is 6.68. The normalized spacial score (nSPS) is 19.5. The fourth-order valence-electron chi connectivity index (χ4n) is 4.44. The molecule has 0 aliphatic carbocycles. The van der Waals surface area contributed by atoms with E-state index in [-0.39, 0.29) is 33.8 Å². The van der Waals surface area contributed by atoms with Gasteiger partial charge in [0.2, 0.25) is 0 Å². The molecule has 1 N–H and O–H groups in total. The minimum absolute atomic E-state index is 0.00676. The molecular weight excluding hydrogens is 438 g/mol. The smallest absolute Gasteiger partial charge is 0.259 e. The van der Waals surface area contributed by atoms with E-state index in [0.717, 1.165) is 45.6 Å². The summed E-state index contributed by atoms with van der Waals surface area (Å²) in [6.45, 7) is 17.4. The van der Waals surface area contributed by atoms with E-state index < -0.39 is 0 Å². The number of hydrogen-bond acceptors (Lipinski definition) is 6. The van der Waals surface area contributed by atoms with E-state index in [1.165, 1.54) is 6.42 Å². The largest absolute Gasteiger partial charge is 0.362 e. The summed E-state index contributed by atoms with van der Waals surface area (Å²) in [5.41, 5.74) is 1.08. The highest BCUT2D eigenvalue weighted by atomic mass is 35.5. The molecule has 0 saturated carbocycles. The summed E-state index contributed by atoms with van der Waals surface area (Å²) in [7, 11) is 1.84. The zero-order valence-corrected chi connectivity index (χ0v) is 22.1. The number of halogens is 1. The van der Waals surface area contributed by atoms with Crippen LogP contribution in [0.4, 0.5) is 0 Å². The molecule has 2 aliphatic rings. The molecule has 1 aromatic rings. The monoisotopic (exact) mass is 477 g/mol. The third-order valence-corrected chi connectivity index (χ3v) is 7.53. The van der Waals surface area contributed by atoms with Crippen LogP contribution in [0.1, 0.15) is 65.3 Å². The quantitative estimate of drug-likeness (QED) is 0.355. The highest BCUT2D eigenvalue weighted by Crippen LogP contribution is 2.41. The topological polar surface area (TPSA) is 76.7 Å². The highest BCUT2D eigenvalue weighted by Gasteiger charge is 2.48. The summed E-state index contributed by atoms with van der Waals surface area (Å²) in [6.07, 6.45) is 3.42. The Hall–Kier alpha value is -1.86. The van der Waals surface area contributed by atoms with E-state index in [9.17, 15) is 4.79 Å². The molecule has 0 bridgehead atoms. The molecule has 7 nitrogen and oxygen atoms in total. The van der Waals surface area contributed by atoms with Gasteiger partial charge >= 0.3 is 0 Å². The van der Waals surface area contributed by atoms with E-state index in [1.54, 1.807) is 13.0 Å². The van der Waals surface area contributed by atoms with Gasteiger partial charge in [0.25, 0.3) is 5.91 Å². The Kier molecular flexibility index (Phi) is 7.64. The van der Waals surface area contributed by atoms with Crippen molar-refractivity contribution in [3.05, 3.63) is 28.2 Å². The molecule has 0 aromatic carbocycles. The number of piperidine rings is 1. The molecule has 1 spiro atoms. The van der Waals surface area contributed by atoms with Crippen LogP contribution in [0.15, 0.2) is 21.3 Å². The SMILES string of the molecule is Cc1cc(C(=N)/C(C(=O)N2CC3(CCN(CCC(C)(C)C)CC3)C2)=C(/Cl)N(C)C(C)C)no1. The second-order valence-electron chi connectivity index (χ2n) is 11.4. The van der Waals surface area contributed by atoms with Gasteiger partial charge in [-0.15, -0.1) is 0 Å². The first-order chi connectivity index (χ1) is 15.3. The number of likely N-dealkylation sites (tertiary alicyclic amines) is 2. The van der Waals surface area contributed by atoms with Gasteiger partial charge in [0.1, 0.15) is 22.2 Å². The number of nitrogens with zero attached hydrogens (tertiary/aromatic N) is 4. The van der Waals surface area contributed by atoms with Gasteiger partial charge in [-0.05, 0) is 65.1 Å². The van der Waals surface area contributed by atoms with Crippen molar-refractivity contribution in [2.75, 3.05) is 39.8 Å². The van der Waals surface area contributed by atoms with Crippen LogP contribution in [-0.4, -0.2) is 77.3 Å². The minimum Gasteiger partial charge on any atom is -0.362 e. The number of rotatable bonds is 7. The minimum atomic E-state index is -0.195. The highest BCUT2D eigenvalue weighted by molar-refractivity contribution is 6.38. The van der Waals surface area contributed by atoms with Crippen LogP contribution in [0, 0.1) is 23.2 Å². The van der Waals surface area contributed by atoms with Crippen molar-refractivity contribution >= 4 is 23.2 Å². The Morgan fingerprint density at radius 3 is 2.39 bits per heavy atom. The second-order valence-corrected chi connectivity index (χ2v) is 11.7. The van der Waals surface area contributed by atoms with Gasteiger partial charge in [0.15, 0.2) is 0 Å². The van der Waals surface area contributed by atoms with Gasteiger partial charge in [-0.1, -0.05) is 37.5 Å². The van der Waals surface area contributed by atoms with Crippen molar-refractivity contribution in [1.82, 2.24) is 19.9 Å². The van der Waals surface area contributed by atoms with Crippen molar-refractivity contribution in [2.45, 2.75) is 66.8 Å². The van der Waals surface area contributed by atoms with Gasteiger partial charge in [-0.3, -0.25) is 10.2 Å². The Morgan fingerprint density at radius 1 is 1.30 bits per heavy atom. The maximum Gasteiger partial charge on any atom is 0.259 e. The van der Waals surface area contributed by atoms with Crippen LogP contribution in [0.5, 0.6) is 0 Å². The lowest BCUT2D eigenvalue weighted by atomic mass is 9.71. The molecule has 2 aliphatic heterocycles. The second kappa shape index (κ2) is 9.79. The molecule has 0 unspecified atom stereocenters.